The van der Waals surface area contributed by atoms with E-state index in [1.54, 1.807) is 18.2 Å². The molecular formula is C20H25ClN2O4S. The van der Waals surface area contributed by atoms with Crippen LogP contribution < -0.4 is 14.4 Å². The number of ether oxygens (including phenoxy) is 1. The first-order valence-corrected chi connectivity index (χ1v) is 12.2. The summed E-state index contributed by atoms with van der Waals surface area (Å²) in [6, 6.07) is 4.82. The molecule has 1 aromatic carbocycles. The third-order valence-corrected chi connectivity index (χ3v) is 8.29. The molecule has 1 aliphatic heterocycles. The molecule has 1 aromatic rings. The van der Waals surface area contributed by atoms with Gasteiger partial charge in [-0.2, -0.15) is 0 Å². The molecule has 5 aliphatic rings. The molecule has 8 heteroatoms. The van der Waals surface area contributed by atoms with E-state index >= 15 is 0 Å². The Bertz CT molecular complexity index is 897. The normalized spacial score (nSPS) is 36.0. The third-order valence-electron chi connectivity index (χ3n) is 6.91. The van der Waals surface area contributed by atoms with Crippen LogP contribution in [0.3, 0.4) is 0 Å². The Labute approximate surface area is 170 Å². The number of halogens is 1. The second kappa shape index (κ2) is 6.26. The lowest BCUT2D eigenvalue weighted by Crippen LogP contribution is -2.63. The summed E-state index contributed by atoms with van der Waals surface area (Å²) < 4.78 is 31.8. The Kier molecular flexibility index (Phi) is 4.15. The molecule has 1 amide bonds. The summed E-state index contributed by atoms with van der Waals surface area (Å²) in [5.41, 5.74) is 0.250. The van der Waals surface area contributed by atoms with E-state index in [1.165, 1.54) is 23.6 Å². The maximum Gasteiger partial charge on any atom is 0.263 e. The molecule has 4 fully saturated rings. The number of hydrogen-bond acceptors (Lipinski definition) is 4. The largest absolute Gasteiger partial charge is 0.476 e. The van der Waals surface area contributed by atoms with Crippen molar-refractivity contribution in [3.05, 3.63) is 23.2 Å². The van der Waals surface area contributed by atoms with Crippen molar-refractivity contribution in [1.82, 2.24) is 5.32 Å². The van der Waals surface area contributed by atoms with Gasteiger partial charge in [0.15, 0.2) is 6.10 Å². The third kappa shape index (κ3) is 3.16. The van der Waals surface area contributed by atoms with Crippen LogP contribution in [0, 0.1) is 17.8 Å². The monoisotopic (exact) mass is 424 g/mol. The molecule has 0 unspecified atom stereocenters. The summed E-state index contributed by atoms with van der Waals surface area (Å²) in [4.78, 5) is 13.1. The molecule has 152 valence electrons. The van der Waals surface area contributed by atoms with Crippen molar-refractivity contribution < 1.29 is 17.9 Å². The SMILES string of the molecule is CS(=O)(=O)N1C[C@H](C(=O)NC23CC4CC(CC(C4)C2)C3)Oc2ccc(Cl)cc21. The van der Waals surface area contributed by atoms with Crippen LogP contribution in [0.5, 0.6) is 5.75 Å². The van der Waals surface area contributed by atoms with Crippen LogP contribution in [0.25, 0.3) is 0 Å². The number of hydrogen-bond donors (Lipinski definition) is 1. The van der Waals surface area contributed by atoms with Gasteiger partial charge in [0.2, 0.25) is 10.0 Å². The minimum absolute atomic E-state index is 0.0373. The Morgan fingerprint density at radius 1 is 1.18 bits per heavy atom. The van der Waals surface area contributed by atoms with Crippen molar-refractivity contribution in [2.24, 2.45) is 17.8 Å². The highest BCUT2D eigenvalue weighted by Crippen LogP contribution is 2.55. The molecule has 0 aromatic heterocycles. The molecule has 28 heavy (non-hydrogen) atoms. The fraction of sp³-hybridized carbons (Fsp3) is 0.650. The fourth-order valence-electron chi connectivity index (χ4n) is 6.28. The molecule has 4 bridgehead atoms. The van der Waals surface area contributed by atoms with E-state index in [-0.39, 0.29) is 18.0 Å². The standard InChI is InChI=1S/C20H25ClN2O4S/c1-28(25,26)23-11-18(27-17-3-2-15(21)7-16(17)23)19(24)22-20-8-12-4-13(9-20)6-14(5-12)10-20/h2-3,7,12-14,18H,4-6,8-11H2,1H3,(H,22,24)/t12?,13?,14?,18-,20?/m1/s1. The predicted molar refractivity (Wildman–Crippen MR) is 107 cm³/mol. The highest BCUT2D eigenvalue weighted by Gasteiger charge is 2.52. The Morgan fingerprint density at radius 2 is 1.79 bits per heavy atom. The summed E-state index contributed by atoms with van der Waals surface area (Å²) in [5.74, 6) is 2.31. The highest BCUT2D eigenvalue weighted by molar-refractivity contribution is 7.92. The van der Waals surface area contributed by atoms with Crippen molar-refractivity contribution in [2.75, 3.05) is 17.1 Å². The van der Waals surface area contributed by atoms with Gasteiger partial charge >= 0.3 is 0 Å². The molecule has 1 atom stereocenters. The van der Waals surface area contributed by atoms with Crippen molar-refractivity contribution in [3.63, 3.8) is 0 Å². The van der Waals surface area contributed by atoms with Gasteiger partial charge in [-0.1, -0.05) is 11.6 Å². The minimum atomic E-state index is -3.56. The second-order valence-corrected chi connectivity index (χ2v) is 11.5. The van der Waals surface area contributed by atoms with Crippen molar-refractivity contribution in [3.8, 4) is 5.75 Å². The van der Waals surface area contributed by atoms with Crippen molar-refractivity contribution in [2.45, 2.75) is 50.2 Å². The quantitative estimate of drug-likeness (QED) is 0.809. The number of amides is 1. The fourth-order valence-corrected chi connectivity index (χ4v) is 7.35. The van der Waals surface area contributed by atoms with Crippen molar-refractivity contribution >= 4 is 33.2 Å². The van der Waals surface area contributed by atoms with Gasteiger partial charge in [0.1, 0.15) is 5.75 Å². The molecule has 0 spiro atoms. The van der Waals surface area contributed by atoms with Gasteiger partial charge in [-0.15, -0.1) is 0 Å². The van der Waals surface area contributed by atoms with E-state index in [0.717, 1.165) is 25.5 Å². The number of nitrogens with one attached hydrogen (secondary N) is 1. The van der Waals surface area contributed by atoms with Crippen LogP contribution in [0.1, 0.15) is 38.5 Å². The van der Waals surface area contributed by atoms with Crippen LogP contribution in [0.2, 0.25) is 5.02 Å². The van der Waals surface area contributed by atoms with Gasteiger partial charge in [-0.05, 0) is 74.5 Å². The second-order valence-electron chi connectivity index (χ2n) is 9.20. The molecule has 0 saturated heterocycles. The van der Waals surface area contributed by atoms with E-state index in [4.69, 9.17) is 16.3 Å². The van der Waals surface area contributed by atoms with Crippen molar-refractivity contribution in [1.29, 1.82) is 0 Å². The Hall–Kier alpha value is -1.47. The Morgan fingerprint density at radius 3 is 2.36 bits per heavy atom. The summed E-state index contributed by atoms with van der Waals surface area (Å²) in [6.07, 6.45) is 7.28. The molecule has 1 N–H and O–H groups in total. The minimum Gasteiger partial charge on any atom is -0.476 e. The Balaban J connectivity index is 1.39. The molecule has 6 nitrogen and oxygen atoms in total. The van der Waals surface area contributed by atoms with E-state index in [0.29, 0.717) is 34.2 Å². The van der Waals surface area contributed by atoms with Gasteiger partial charge in [-0.3, -0.25) is 9.10 Å². The highest BCUT2D eigenvalue weighted by atomic mass is 35.5. The first-order chi connectivity index (χ1) is 13.2. The zero-order chi connectivity index (χ0) is 19.7. The van der Waals surface area contributed by atoms with Gasteiger partial charge in [0.05, 0.1) is 18.5 Å². The summed E-state index contributed by atoms with van der Waals surface area (Å²) in [6.45, 7) is -0.0373. The van der Waals surface area contributed by atoms with E-state index in [2.05, 4.69) is 5.32 Å². The van der Waals surface area contributed by atoms with Crippen LogP contribution in [-0.2, 0) is 14.8 Å². The van der Waals surface area contributed by atoms with Gasteiger partial charge in [-0.25, -0.2) is 8.42 Å². The zero-order valence-electron chi connectivity index (χ0n) is 15.9. The summed E-state index contributed by atoms with van der Waals surface area (Å²) >= 11 is 6.04. The maximum atomic E-state index is 13.1. The lowest BCUT2D eigenvalue weighted by Gasteiger charge is -2.57. The molecule has 4 aliphatic carbocycles. The molecule has 4 saturated carbocycles. The topological polar surface area (TPSA) is 75.7 Å². The van der Waals surface area contributed by atoms with E-state index < -0.39 is 16.1 Å². The van der Waals surface area contributed by atoms with Gasteiger partial charge in [0.25, 0.3) is 5.91 Å². The number of sulfonamides is 1. The van der Waals surface area contributed by atoms with Gasteiger partial charge < -0.3 is 10.1 Å². The summed E-state index contributed by atoms with van der Waals surface area (Å²) in [7, 11) is -3.56. The lowest BCUT2D eigenvalue weighted by atomic mass is 9.53. The van der Waals surface area contributed by atoms with Gasteiger partial charge in [0, 0.05) is 10.6 Å². The van der Waals surface area contributed by atoms with E-state index in [1.807, 2.05) is 0 Å². The number of anilines is 1. The van der Waals surface area contributed by atoms with Crippen LogP contribution >= 0.6 is 11.6 Å². The molecule has 6 rings (SSSR count). The number of carbonyl (C=O) groups excluding carboxylic acids is 1. The van der Waals surface area contributed by atoms with Crippen LogP contribution in [0.4, 0.5) is 5.69 Å². The zero-order valence-corrected chi connectivity index (χ0v) is 17.4. The summed E-state index contributed by atoms with van der Waals surface area (Å²) in [5, 5.41) is 3.72. The number of carbonyl (C=O) groups is 1. The number of fused-ring (bicyclic) bond motifs is 1. The van der Waals surface area contributed by atoms with Crippen LogP contribution in [-0.4, -0.2) is 38.8 Å². The number of nitrogens with zero attached hydrogens (tertiary/aromatic N) is 1. The first kappa shape index (κ1) is 18.6. The molecular weight excluding hydrogens is 400 g/mol. The smallest absolute Gasteiger partial charge is 0.263 e. The van der Waals surface area contributed by atoms with E-state index in [9.17, 15) is 13.2 Å². The average molecular weight is 425 g/mol. The molecule has 1 heterocycles. The maximum absolute atomic E-state index is 13.1. The number of rotatable bonds is 3. The average Bonchev–Trinajstić information content (AvgIpc) is 2.58. The predicted octanol–water partition coefficient (Wildman–Crippen LogP) is 2.95. The number of benzene rings is 1. The first-order valence-electron chi connectivity index (χ1n) is 9.97. The lowest BCUT2D eigenvalue weighted by molar-refractivity contribution is -0.133. The molecule has 0 radical (unpaired) electrons. The van der Waals surface area contributed by atoms with Crippen LogP contribution in [0.15, 0.2) is 18.2 Å².